The van der Waals surface area contributed by atoms with Gasteiger partial charge in [-0.25, -0.2) is 4.99 Å². The third-order valence-electron chi connectivity index (χ3n) is 3.68. The molecule has 0 amide bonds. The van der Waals surface area contributed by atoms with E-state index in [1.807, 2.05) is 42.5 Å². The van der Waals surface area contributed by atoms with Gasteiger partial charge in [-0.1, -0.05) is 60.7 Å². The number of hydrogen-bond donors (Lipinski definition) is 1. The van der Waals surface area contributed by atoms with E-state index in [0.29, 0.717) is 0 Å². The van der Waals surface area contributed by atoms with Crippen molar-refractivity contribution < 1.29 is 0 Å². The van der Waals surface area contributed by atoms with Crippen molar-refractivity contribution in [3.8, 4) is 0 Å². The summed E-state index contributed by atoms with van der Waals surface area (Å²) in [6, 6.07) is 26.7. The summed E-state index contributed by atoms with van der Waals surface area (Å²) in [6.07, 6.45) is 0. The molecule has 3 aromatic carbocycles. The van der Waals surface area contributed by atoms with Gasteiger partial charge in [0.15, 0.2) is 0 Å². The van der Waals surface area contributed by atoms with Crippen LogP contribution in [0.5, 0.6) is 0 Å². The van der Waals surface area contributed by atoms with E-state index in [-0.39, 0.29) is 0 Å². The average molecular weight is 300 g/mol. The fourth-order valence-corrected chi connectivity index (χ4v) is 2.43. The summed E-state index contributed by atoms with van der Waals surface area (Å²) in [7, 11) is 0. The molecule has 2 nitrogen and oxygen atoms in total. The molecule has 0 atom stereocenters. The fraction of sp³-hybridized carbons (Fsp3) is 0.0952. The molecule has 0 bridgehead atoms. The highest BCUT2D eigenvalue weighted by atomic mass is 15.0. The van der Waals surface area contributed by atoms with Crippen LogP contribution < -0.4 is 5.32 Å². The Morgan fingerprint density at radius 1 is 0.783 bits per heavy atom. The minimum absolute atomic E-state index is 0.852. The molecule has 0 aliphatic carbocycles. The fourth-order valence-electron chi connectivity index (χ4n) is 2.43. The van der Waals surface area contributed by atoms with Crippen LogP contribution >= 0.6 is 0 Å². The standard InChI is InChI=1S/C21H20N2/c1-16-9-8-13-19(15-16)22-21(18-11-4-3-5-12-18)23-20-14-7-6-10-17(20)2/h3-15H,1-2H3,(H,22,23). The Kier molecular flexibility index (Phi) is 4.53. The van der Waals surface area contributed by atoms with E-state index < -0.39 is 0 Å². The summed E-state index contributed by atoms with van der Waals surface area (Å²) in [6.45, 7) is 4.17. The molecule has 114 valence electrons. The lowest BCUT2D eigenvalue weighted by Crippen LogP contribution is -2.13. The van der Waals surface area contributed by atoms with E-state index >= 15 is 0 Å². The Bertz CT molecular complexity index is 820. The number of rotatable bonds is 3. The Labute approximate surface area is 137 Å². The number of amidine groups is 1. The van der Waals surface area contributed by atoms with Gasteiger partial charge in [0.05, 0.1) is 5.69 Å². The van der Waals surface area contributed by atoms with Gasteiger partial charge in [0, 0.05) is 11.3 Å². The van der Waals surface area contributed by atoms with Gasteiger partial charge < -0.3 is 5.32 Å². The van der Waals surface area contributed by atoms with Crippen molar-refractivity contribution in [1.29, 1.82) is 0 Å². The molecule has 1 N–H and O–H groups in total. The average Bonchev–Trinajstić information content (AvgIpc) is 2.57. The molecule has 0 aliphatic heterocycles. The Balaban J connectivity index is 2.02. The van der Waals surface area contributed by atoms with Gasteiger partial charge in [0.2, 0.25) is 0 Å². The van der Waals surface area contributed by atoms with Crippen molar-refractivity contribution >= 4 is 17.2 Å². The minimum Gasteiger partial charge on any atom is -0.340 e. The van der Waals surface area contributed by atoms with Gasteiger partial charge in [-0.15, -0.1) is 0 Å². The number of nitrogens with zero attached hydrogens (tertiary/aromatic N) is 1. The van der Waals surface area contributed by atoms with Crippen LogP contribution in [0.2, 0.25) is 0 Å². The van der Waals surface area contributed by atoms with E-state index in [0.717, 1.165) is 28.3 Å². The zero-order chi connectivity index (χ0) is 16.1. The van der Waals surface area contributed by atoms with Crippen molar-refractivity contribution in [2.45, 2.75) is 13.8 Å². The summed E-state index contributed by atoms with van der Waals surface area (Å²) in [4.78, 5) is 4.86. The second-order valence-corrected chi connectivity index (χ2v) is 5.61. The second kappa shape index (κ2) is 6.93. The highest BCUT2D eigenvalue weighted by molar-refractivity contribution is 6.09. The molecule has 3 rings (SSSR count). The number of benzene rings is 3. The summed E-state index contributed by atoms with van der Waals surface area (Å²) in [5.74, 6) is 0.852. The number of nitrogens with one attached hydrogen (secondary N) is 1. The normalized spacial score (nSPS) is 11.3. The lowest BCUT2D eigenvalue weighted by Gasteiger charge is -2.12. The maximum atomic E-state index is 4.86. The maximum absolute atomic E-state index is 4.86. The van der Waals surface area contributed by atoms with Gasteiger partial charge in [-0.3, -0.25) is 0 Å². The van der Waals surface area contributed by atoms with E-state index in [1.165, 1.54) is 5.56 Å². The largest absolute Gasteiger partial charge is 0.340 e. The smallest absolute Gasteiger partial charge is 0.138 e. The van der Waals surface area contributed by atoms with E-state index in [1.54, 1.807) is 0 Å². The molecule has 0 aliphatic rings. The molecule has 3 aromatic rings. The highest BCUT2D eigenvalue weighted by Crippen LogP contribution is 2.20. The Morgan fingerprint density at radius 2 is 1.52 bits per heavy atom. The van der Waals surface area contributed by atoms with E-state index in [4.69, 9.17) is 4.99 Å². The third-order valence-corrected chi connectivity index (χ3v) is 3.68. The SMILES string of the molecule is Cc1cccc(NC(=Nc2ccccc2C)c2ccccc2)c1. The van der Waals surface area contributed by atoms with Gasteiger partial charge >= 0.3 is 0 Å². The Morgan fingerprint density at radius 3 is 2.26 bits per heavy atom. The topological polar surface area (TPSA) is 24.4 Å². The molecule has 0 fully saturated rings. The zero-order valence-corrected chi connectivity index (χ0v) is 13.5. The van der Waals surface area contributed by atoms with Crippen LogP contribution in [-0.4, -0.2) is 5.84 Å². The van der Waals surface area contributed by atoms with Gasteiger partial charge in [0.1, 0.15) is 5.84 Å². The molecule has 0 heterocycles. The van der Waals surface area contributed by atoms with Crippen molar-refractivity contribution in [3.05, 3.63) is 95.6 Å². The van der Waals surface area contributed by atoms with Gasteiger partial charge in [0.25, 0.3) is 0 Å². The first kappa shape index (κ1) is 15.0. The summed E-state index contributed by atoms with van der Waals surface area (Å²) >= 11 is 0. The molecule has 0 saturated carbocycles. The lowest BCUT2D eigenvalue weighted by atomic mass is 10.1. The van der Waals surface area contributed by atoms with Crippen LogP contribution in [0, 0.1) is 13.8 Å². The van der Waals surface area contributed by atoms with Crippen molar-refractivity contribution in [3.63, 3.8) is 0 Å². The highest BCUT2D eigenvalue weighted by Gasteiger charge is 2.05. The number of aliphatic imine (C=N–C) groups is 1. The molecular formula is C21H20N2. The van der Waals surface area contributed by atoms with Crippen LogP contribution in [0.3, 0.4) is 0 Å². The molecule has 0 saturated heterocycles. The van der Waals surface area contributed by atoms with E-state index in [2.05, 4.69) is 55.6 Å². The minimum atomic E-state index is 0.852. The zero-order valence-electron chi connectivity index (χ0n) is 13.5. The lowest BCUT2D eigenvalue weighted by molar-refractivity contribution is 1.38. The second-order valence-electron chi connectivity index (χ2n) is 5.61. The summed E-state index contributed by atoms with van der Waals surface area (Å²) < 4.78 is 0. The predicted molar refractivity (Wildman–Crippen MR) is 98.6 cm³/mol. The molecule has 0 spiro atoms. The number of para-hydroxylation sites is 1. The van der Waals surface area contributed by atoms with Crippen LogP contribution in [-0.2, 0) is 0 Å². The van der Waals surface area contributed by atoms with Crippen LogP contribution in [0.15, 0.2) is 83.9 Å². The molecule has 0 radical (unpaired) electrons. The molecule has 0 unspecified atom stereocenters. The number of aryl methyl sites for hydroxylation is 2. The van der Waals surface area contributed by atoms with Gasteiger partial charge in [-0.2, -0.15) is 0 Å². The molecule has 23 heavy (non-hydrogen) atoms. The molecule has 0 aromatic heterocycles. The first-order valence-electron chi connectivity index (χ1n) is 7.76. The van der Waals surface area contributed by atoms with Crippen molar-refractivity contribution in [2.24, 2.45) is 4.99 Å². The first-order valence-corrected chi connectivity index (χ1v) is 7.76. The predicted octanol–water partition coefficient (Wildman–Crippen LogP) is 5.49. The molecule has 2 heteroatoms. The summed E-state index contributed by atoms with van der Waals surface area (Å²) in [5.41, 5.74) is 5.47. The third kappa shape index (κ3) is 3.86. The number of hydrogen-bond acceptors (Lipinski definition) is 1. The first-order chi connectivity index (χ1) is 11.2. The summed E-state index contributed by atoms with van der Waals surface area (Å²) in [5, 5.41) is 3.46. The quantitative estimate of drug-likeness (QED) is 0.501. The monoisotopic (exact) mass is 300 g/mol. The number of anilines is 1. The maximum Gasteiger partial charge on any atom is 0.138 e. The van der Waals surface area contributed by atoms with E-state index in [9.17, 15) is 0 Å². The molecular weight excluding hydrogens is 280 g/mol. The van der Waals surface area contributed by atoms with Crippen LogP contribution in [0.1, 0.15) is 16.7 Å². The van der Waals surface area contributed by atoms with Crippen molar-refractivity contribution in [2.75, 3.05) is 5.32 Å². The van der Waals surface area contributed by atoms with Crippen molar-refractivity contribution in [1.82, 2.24) is 0 Å². The Hall–Kier alpha value is -2.87. The van der Waals surface area contributed by atoms with Gasteiger partial charge in [-0.05, 0) is 43.2 Å². The van der Waals surface area contributed by atoms with Crippen LogP contribution in [0.25, 0.3) is 0 Å². The van der Waals surface area contributed by atoms with Crippen LogP contribution in [0.4, 0.5) is 11.4 Å².